The zero-order valence-electron chi connectivity index (χ0n) is 21.3. The Morgan fingerprint density at radius 3 is 1.32 bits per heavy atom. The van der Waals surface area contributed by atoms with Gasteiger partial charge in [0.2, 0.25) is 0 Å². The Kier molecular flexibility index (Phi) is 10.4. The van der Waals surface area contributed by atoms with Crippen LogP contribution in [0.5, 0.6) is 11.5 Å². The van der Waals surface area contributed by atoms with Crippen LogP contribution in [-0.2, 0) is 18.5 Å². The smallest absolute Gasteiger partial charge is 0.124 e. The van der Waals surface area contributed by atoms with Crippen molar-refractivity contribution in [2.45, 2.75) is 25.4 Å². The molecule has 3 aromatic rings. The van der Waals surface area contributed by atoms with E-state index in [0.717, 1.165) is 44.3 Å². The van der Waals surface area contributed by atoms with E-state index in [1.165, 1.54) is 5.56 Å². The first-order valence-corrected chi connectivity index (χ1v) is 11.1. The molecule has 34 heavy (non-hydrogen) atoms. The molecule has 0 aliphatic carbocycles. The predicted molar refractivity (Wildman–Crippen MR) is 132 cm³/mol. The van der Waals surface area contributed by atoms with E-state index in [9.17, 15) is 10.2 Å². The lowest BCUT2D eigenvalue weighted by molar-refractivity contribution is -0.884. The maximum absolute atomic E-state index is 10.6. The minimum atomic E-state index is -0.443. The Morgan fingerprint density at radius 2 is 0.971 bits per heavy atom. The Morgan fingerprint density at radius 1 is 0.588 bits per heavy atom. The van der Waals surface area contributed by atoms with Crippen molar-refractivity contribution in [2.24, 2.45) is 0 Å². The average Bonchev–Trinajstić information content (AvgIpc) is 2.69. The zero-order chi connectivity index (χ0) is 23.7. The van der Waals surface area contributed by atoms with Crippen molar-refractivity contribution in [3.63, 3.8) is 0 Å². The van der Waals surface area contributed by atoms with Crippen LogP contribution in [0.15, 0.2) is 66.7 Å². The van der Waals surface area contributed by atoms with Gasteiger partial charge in [0.1, 0.15) is 24.6 Å². The summed E-state index contributed by atoms with van der Waals surface area (Å²) in [6.45, 7) is 3.69. The molecule has 0 atom stereocenters. The summed E-state index contributed by atoms with van der Waals surface area (Å²) in [7, 11) is 12.7. The third kappa shape index (κ3) is 7.32. The van der Waals surface area contributed by atoms with Gasteiger partial charge < -0.3 is 67.1 Å². The van der Waals surface area contributed by atoms with E-state index in [1.54, 1.807) is 0 Å². The predicted octanol–water partition coefficient (Wildman–Crippen LogP) is -1.13. The van der Waals surface area contributed by atoms with Crippen LogP contribution in [0.25, 0.3) is 0 Å². The Balaban J connectivity index is 0.00000289. The number of phenolic OH excluding ortho intramolecular Hbond substituents is 2. The van der Waals surface area contributed by atoms with E-state index in [2.05, 4.69) is 85.6 Å². The van der Waals surface area contributed by atoms with Gasteiger partial charge in [-0.25, -0.2) is 0 Å². The van der Waals surface area contributed by atoms with Crippen molar-refractivity contribution < 1.29 is 67.1 Å². The number of quaternary nitrogens is 2. The molecule has 0 aliphatic heterocycles. The van der Waals surface area contributed by atoms with Crippen molar-refractivity contribution in [2.75, 3.05) is 42.3 Å². The topological polar surface area (TPSA) is 40.5 Å². The highest BCUT2D eigenvalue weighted by Gasteiger charge is 2.33. The monoisotopic (exact) mass is 688 g/mol. The lowest BCUT2D eigenvalue weighted by atomic mass is 9.70. The van der Waals surface area contributed by atoms with Gasteiger partial charge in [0, 0.05) is 16.5 Å². The van der Waals surface area contributed by atoms with E-state index >= 15 is 0 Å². The first-order chi connectivity index (χ1) is 14.8. The molecule has 4 nitrogen and oxygen atoms in total. The number of nitrogens with zero attached hydrogens (tertiary/aromatic N) is 2. The van der Waals surface area contributed by atoms with E-state index in [1.807, 2.05) is 30.3 Å². The summed E-state index contributed by atoms with van der Waals surface area (Å²) < 4.78 is 1.46. The molecule has 0 fully saturated rings. The second kappa shape index (κ2) is 11.6. The van der Waals surface area contributed by atoms with E-state index in [-0.39, 0.29) is 48.0 Å². The lowest BCUT2D eigenvalue weighted by Gasteiger charge is -2.34. The Labute approximate surface area is 239 Å². The van der Waals surface area contributed by atoms with E-state index < -0.39 is 5.41 Å². The number of phenols is 2. The molecule has 0 amide bonds. The summed E-state index contributed by atoms with van der Waals surface area (Å²) in [5.74, 6) is 0.655. The van der Waals surface area contributed by atoms with Crippen molar-refractivity contribution in [3.8, 4) is 11.5 Å². The summed E-state index contributed by atoms with van der Waals surface area (Å²) >= 11 is 0. The fourth-order valence-electron chi connectivity index (χ4n) is 4.34. The molecule has 3 aromatic carbocycles. The molecule has 0 spiro atoms. The highest BCUT2D eigenvalue weighted by molar-refractivity contribution is 5.54. The molecule has 6 heteroatoms. The Bertz CT molecular complexity index is 1020. The van der Waals surface area contributed by atoms with Crippen molar-refractivity contribution in [1.82, 2.24) is 0 Å². The quantitative estimate of drug-likeness (QED) is 0.188. The molecule has 3 rings (SSSR count). The molecular formula is C28H38I2N2O2. The van der Waals surface area contributed by atoms with Crippen molar-refractivity contribution in [1.29, 1.82) is 0 Å². The molecule has 0 radical (unpaired) electrons. The molecule has 0 saturated carbocycles. The van der Waals surface area contributed by atoms with Crippen molar-refractivity contribution in [3.05, 3.63) is 94.5 Å². The SMILES string of the molecule is CC(c1ccccc1)(c1ccc(O)c(C[N+](C)(C)C)c1)c1ccc(O)c(C[N+](C)(C)C)c1.[I-].[I-]. The fourth-order valence-corrected chi connectivity index (χ4v) is 4.34. The van der Waals surface area contributed by atoms with Gasteiger partial charge in [0.15, 0.2) is 0 Å². The van der Waals surface area contributed by atoms with Gasteiger partial charge in [-0.1, -0.05) is 42.5 Å². The third-order valence-electron chi connectivity index (χ3n) is 5.95. The van der Waals surface area contributed by atoms with Gasteiger partial charge in [0.25, 0.3) is 0 Å². The maximum Gasteiger partial charge on any atom is 0.124 e. The second-order valence-corrected chi connectivity index (χ2v) is 11.1. The molecule has 0 bridgehead atoms. The zero-order valence-corrected chi connectivity index (χ0v) is 25.6. The minimum absolute atomic E-state index is 0. The van der Waals surface area contributed by atoms with Gasteiger partial charge in [-0.05, 0) is 47.9 Å². The van der Waals surface area contributed by atoms with Gasteiger partial charge >= 0.3 is 0 Å². The minimum Gasteiger partial charge on any atom is -1.00 e. The maximum atomic E-state index is 10.6. The summed E-state index contributed by atoms with van der Waals surface area (Å²) in [6, 6.07) is 22.4. The van der Waals surface area contributed by atoms with E-state index in [4.69, 9.17) is 0 Å². The van der Waals surface area contributed by atoms with Crippen LogP contribution in [0, 0.1) is 0 Å². The van der Waals surface area contributed by atoms with Gasteiger partial charge in [-0.15, -0.1) is 0 Å². The summed E-state index contributed by atoms with van der Waals surface area (Å²) in [6.07, 6.45) is 0. The van der Waals surface area contributed by atoms with E-state index in [0.29, 0.717) is 11.5 Å². The molecule has 0 heterocycles. The fraction of sp³-hybridized carbons (Fsp3) is 0.357. The van der Waals surface area contributed by atoms with Gasteiger partial charge in [0.05, 0.1) is 42.3 Å². The molecule has 0 aromatic heterocycles. The molecular weight excluding hydrogens is 650 g/mol. The highest BCUT2D eigenvalue weighted by atomic mass is 127. The standard InChI is InChI=1S/C28H36N2O2.2HI/c1-28(23-11-9-8-10-12-23,24-13-15-26(31)21(17-24)19-29(2,3)4)25-14-16-27(32)22(18-25)20-30(5,6)7;;/h8-18H,19-20H2,1-7H3;2*1H. The average molecular weight is 688 g/mol. The summed E-state index contributed by atoms with van der Waals surface area (Å²) in [4.78, 5) is 0. The molecule has 0 unspecified atom stereocenters. The van der Waals surface area contributed by atoms with Crippen LogP contribution < -0.4 is 48.0 Å². The first-order valence-electron chi connectivity index (χ1n) is 11.1. The van der Waals surface area contributed by atoms with Crippen LogP contribution >= 0.6 is 0 Å². The second-order valence-electron chi connectivity index (χ2n) is 11.1. The van der Waals surface area contributed by atoms with Crippen LogP contribution in [-0.4, -0.2) is 61.5 Å². The number of rotatable bonds is 7. The highest BCUT2D eigenvalue weighted by Crippen LogP contribution is 2.41. The largest absolute Gasteiger partial charge is 1.00 e. The molecule has 2 N–H and O–H groups in total. The van der Waals surface area contributed by atoms with Crippen LogP contribution in [0.1, 0.15) is 34.7 Å². The number of hydrogen-bond acceptors (Lipinski definition) is 2. The van der Waals surface area contributed by atoms with Crippen LogP contribution in [0.2, 0.25) is 0 Å². The van der Waals surface area contributed by atoms with Crippen LogP contribution in [0.3, 0.4) is 0 Å². The first kappa shape index (κ1) is 30.7. The molecule has 0 saturated heterocycles. The normalized spacial score (nSPS) is 12.0. The van der Waals surface area contributed by atoms with Crippen molar-refractivity contribution >= 4 is 0 Å². The number of halogens is 2. The number of aromatic hydroxyl groups is 2. The van der Waals surface area contributed by atoms with Gasteiger partial charge in [-0.2, -0.15) is 0 Å². The lowest BCUT2D eigenvalue weighted by Crippen LogP contribution is -3.00. The third-order valence-corrected chi connectivity index (χ3v) is 5.95. The number of benzene rings is 3. The van der Waals surface area contributed by atoms with Crippen LogP contribution in [0.4, 0.5) is 0 Å². The molecule has 0 aliphatic rings. The molecule has 186 valence electrons. The van der Waals surface area contributed by atoms with Gasteiger partial charge in [-0.3, -0.25) is 0 Å². The number of hydrogen-bond donors (Lipinski definition) is 2. The summed E-state index contributed by atoms with van der Waals surface area (Å²) in [5, 5.41) is 21.1. The Hall–Kier alpha value is -1.36. The summed E-state index contributed by atoms with van der Waals surface area (Å²) in [5.41, 5.74) is 4.83.